The van der Waals surface area contributed by atoms with Crippen LogP contribution in [0.2, 0.25) is 0 Å². The zero-order valence-electron chi connectivity index (χ0n) is 10.7. The fraction of sp³-hybridized carbons (Fsp3) is 0.462. The molecule has 3 nitrogen and oxygen atoms in total. The summed E-state index contributed by atoms with van der Waals surface area (Å²) in [5.41, 5.74) is 0.727. The van der Waals surface area contributed by atoms with Crippen LogP contribution in [0.25, 0.3) is 10.2 Å². The molecule has 0 saturated heterocycles. The van der Waals surface area contributed by atoms with E-state index in [1.165, 1.54) is 12.1 Å². The molecule has 1 aromatic heterocycles. The highest BCUT2D eigenvalue weighted by molar-refractivity contribution is 7.22. The molecule has 1 N–H and O–H groups in total. The number of nitrogens with one attached hydrogen (secondary N) is 1. The summed E-state index contributed by atoms with van der Waals surface area (Å²) < 4.78 is 14.0. The Bertz CT molecular complexity index is 508. The Morgan fingerprint density at radius 3 is 2.83 bits per heavy atom. The average Bonchev–Trinajstić information content (AvgIpc) is 2.76. The Morgan fingerprint density at radius 2 is 2.11 bits per heavy atom. The van der Waals surface area contributed by atoms with Crippen LogP contribution in [0.3, 0.4) is 0 Å². The summed E-state index contributed by atoms with van der Waals surface area (Å²) in [6, 6.07) is 4.72. The number of benzene rings is 1. The molecular weight excluding hydrogens is 249 g/mol. The van der Waals surface area contributed by atoms with Crippen LogP contribution in [0.1, 0.15) is 13.8 Å². The van der Waals surface area contributed by atoms with Gasteiger partial charge in [-0.2, -0.15) is 0 Å². The quantitative estimate of drug-likeness (QED) is 0.871. The Morgan fingerprint density at radius 1 is 1.33 bits per heavy atom. The largest absolute Gasteiger partial charge is 0.360 e. The Kier molecular flexibility index (Phi) is 4.49. The van der Waals surface area contributed by atoms with Crippen LogP contribution in [0.4, 0.5) is 9.52 Å². The lowest BCUT2D eigenvalue weighted by Crippen LogP contribution is -2.28. The van der Waals surface area contributed by atoms with Gasteiger partial charge in [-0.15, -0.1) is 0 Å². The number of halogens is 1. The van der Waals surface area contributed by atoms with Crippen molar-refractivity contribution in [3.05, 3.63) is 24.0 Å². The molecule has 18 heavy (non-hydrogen) atoms. The van der Waals surface area contributed by atoms with E-state index in [4.69, 9.17) is 0 Å². The number of fused-ring (bicyclic) bond motifs is 1. The van der Waals surface area contributed by atoms with Gasteiger partial charge in [-0.1, -0.05) is 25.2 Å². The maximum absolute atomic E-state index is 13.0. The van der Waals surface area contributed by atoms with Crippen molar-refractivity contribution in [3.8, 4) is 0 Å². The third kappa shape index (κ3) is 3.17. The van der Waals surface area contributed by atoms with Crippen molar-refractivity contribution in [2.24, 2.45) is 0 Å². The molecule has 1 aromatic carbocycles. The number of hydrogen-bond donors (Lipinski definition) is 1. The predicted molar refractivity (Wildman–Crippen MR) is 75.9 cm³/mol. The summed E-state index contributed by atoms with van der Waals surface area (Å²) in [4.78, 5) is 6.72. The smallest absolute Gasteiger partial charge is 0.183 e. The summed E-state index contributed by atoms with van der Waals surface area (Å²) in [6.07, 6.45) is 0. The number of aromatic nitrogens is 1. The van der Waals surface area contributed by atoms with E-state index in [9.17, 15) is 4.39 Å². The molecule has 0 bridgehead atoms. The topological polar surface area (TPSA) is 28.2 Å². The zero-order chi connectivity index (χ0) is 13.0. The van der Waals surface area contributed by atoms with E-state index in [1.54, 1.807) is 17.4 Å². The summed E-state index contributed by atoms with van der Waals surface area (Å²) in [5, 5.41) is 4.16. The van der Waals surface area contributed by atoms with Gasteiger partial charge in [-0.05, 0) is 25.2 Å². The summed E-state index contributed by atoms with van der Waals surface area (Å²) in [5.74, 6) is -0.234. The second-order valence-corrected chi connectivity index (χ2v) is 5.12. The van der Waals surface area contributed by atoms with Crippen molar-refractivity contribution < 1.29 is 4.39 Å². The third-order valence-corrected chi connectivity index (χ3v) is 3.94. The molecule has 2 rings (SSSR count). The molecule has 0 atom stereocenters. The molecule has 0 spiro atoms. The van der Waals surface area contributed by atoms with Crippen molar-refractivity contribution in [2.75, 3.05) is 31.5 Å². The van der Waals surface area contributed by atoms with Crippen LogP contribution in [-0.4, -0.2) is 36.1 Å². The van der Waals surface area contributed by atoms with Gasteiger partial charge in [0.15, 0.2) is 5.13 Å². The fourth-order valence-corrected chi connectivity index (χ4v) is 2.71. The lowest BCUT2D eigenvalue weighted by atomic mass is 10.3. The highest BCUT2D eigenvalue weighted by atomic mass is 32.1. The second-order valence-electron chi connectivity index (χ2n) is 4.08. The SMILES string of the molecule is CCN(CC)CCNc1nc2cc(F)ccc2s1. The maximum atomic E-state index is 13.0. The highest BCUT2D eigenvalue weighted by Gasteiger charge is 2.05. The van der Waals surface area contributed by atoms with E-state index in [-0.39, 0.29) is 5.82 Å². The van der Waals surface area contributed by atoms with E-state index in [0.29, 0.717) is 0 Å². The molecule has 0 unspecified atom stereocenters. The minimum Gasteiger partial charge on any atom is -0.360 e. The van der Waals surface area contributed by atoms with Crippen LogP contribution in [0.5, 0.6) is 0 Å². The summed E-state index contributed by atoms with van der Waals surface area (Å²) in [6.45, 7) is 8.29. The van der Waals surface area contributed by atoms with Crippen molar-refractivity contribution in [1.82, 2.24) is 9.88 Å². The van der Waals surface area contributed by atoms with Gasteiger partial charge in [0.1, 0.15) is 5.82 Å². The minimum absolute atomic E-state index is 0.234. The zero-order valence-corrected chi connectivity index (χ0v) is 11.6. The van der Waals surface area contributed by atoms with Crippen LogP contribution < -0.4 is 5.32 Å². The van der Waals surface area contributed by atoms with Gasteiger partial charge >= 0.3 is 0 Å². The van der Waals surface area contributed by atoms with Crippen molar-refractivity contribution >= 4 is 26.7 Å². The minimum atomic E-state index is -0.234. The molecule has 0 radical (unpaired) electrons. The number of nitrogens with zero attached hydrogens (tertiary/aromatic N) is 2. The molecule has 0 aliphatic rings. The van der Waals surface area contributed by atoms with Crippen LogP contribution >= 0.6 is 11.3 Å². The van der Waals surface area contributed by atoms with E-state index in [0.717, 1.165) is 41.5 Å². The van der Waals surface area contributed by atoms with Gasteiger partial charge in [0.05, 0.1) is 10.2 Å². The molecule has 1 heterocycles. The Balaban J connectivity index is 1.95. The first-order chi connectivity index (χ1) is 8.72. The first kappa shape index (κ1) is 13.2. The lowest BCUT2D eigenvalue weighted by molar-refractivity contribution is 0.316. The van der Waals surface area contributed by atoms with E-state index < -0.39 is 0 Å². The fourth-order valence-electron chi connectivity index (χ4n) is 1.84. The van der Waals surface area contributed by atoms with Gasteiger partial charge in [0.25, 0.3) is 0 Å². The molecular formula is C13H18FN3S. The van der Waals surface area contributed by atoms with Crippen molar-refractivity contribution in [2.45, 2.75) is 13.8 Å². The molecule has 5 heteroatoms. The number of thiazole rings is 1. The molecule has 0 saturated carbocycles. The van der Waals surface area contributed by atoms with Crippen LogP contribution in [0.15, 0.2) is 18.2 Å². The first-order valence-corrected chi connectivity index (χ1v) is 7.07. The Hall–Kier alpha value is -1.20. The van der Waals surface area contributed by atoms with Crippen LogP contribution in [0, 0.1) is 5.82 Å². The Labute approximate surface area is 111 Å². The normalized spacial score (nSPS) is 11.3. The number of likely N-dealkylation sites (N-methyl/N-ethyl adjacent to an activating group) is 1. The van der Waals surface area contributed by atoms with Gasteiger partial charge in [0, 0.05) is 19.2 Å². The molecule has 0 aliphatic carbocycles. The monoisotopic (exact) mass is 267 g/mol. The molecule has 0 fully saturated rings. The van der Waals surface area contributed by atoms with Gasteiger partial charge < -0.3 is 10.2 Å². The van der Waals surface area contributed by atoms with Crippen molar-refractivity contribution in [1.29, 1.82) is 0 Å². The van der Waals surface area contributed by atoms with E-state index >= 15 is 0 Å². The third-order valence-electron chi connectivity index (χ3n) is 2.95. The van der Waals surface area contributed by atoms with Crippen LogP contribution in [-0.2, 0) is 0 Å². The number of hydrogen-bond acceptors (Lipinski definition) is 4. The highest BCUT2D eigenvalue weighted by Crippen LogP contribution is 2.26. The molecule has 2 aromatic rings. The van der Waals surface area contributed by atoms with E-state index in [1.807, 2.05) is 0 Å². The van der Waals surface area contributed by atoms with E-state index in [2.05, 4.69) is 29.0 Å². The average molecular weight is 267 g/mol. The van der Waals surface area contributed by atoms with Gasteiger partial charge in [-0.3, -0.25) is 0 Å². The number of anilines is 1. The maximum Gasteiger partial charge on any atom is 0.183 e. The molecule has 0 aliphatic heterocycles. The first-order valence-electron chi connectivity index (χ1n) is 6.25. The van der Waals surface area contributed by atoms with Gasteiger partial charge in [0.2, 0.25) is 0 Å². The summed E-state index contributed by atoms with van der Waals surface area (Å²) >= 11 is 1.57. The number of rotatable bonds is 6. The summed E-state index contributed by atoms with van der Waals surface area (Å²) in [7, 11) is 0. The molecule has 98 valence electrons. The second kappa shape index (κ2) is 6.11. The van der Waals surface area contributed by atoms with Crippen molar-refractivity contribution in [3.63, 3.8) is 0 Å². The predicted octanol–water partition coefficient (Wildman–Crippen LogP) is 3.19. The van der Waals surface area contributed by atoms with Gasteiger partial charge in [-0.25, -0.2) is 9.37 Å². The standard InChI is InChI=1S/C13H18FN3S/c1-3-17(4-2)8-7-15-13-16-11-9-10(14)5-6-12(11)18-13/h5-6,9H,3-4,7-8H2,1-2H3,(H,15,16). The molecule has 0 amide bonds. The lowest BCUT2D eigenvalue weighted by Gasteiger charge is -2.17.